The van der Waals surface area contributed by atoms with Crippen molar-refractivity contribution < 1.29 is 9.66 Å². The van der Waals surface area contributed by atoms with Crippen molar-refractivity contribution in [3.05, 3.63) is 33.5 Å². The summed E-state index contributed by atoms with van der Waals surface area (Å²) in [5.74, 6) is 0. The van der Waals surface area contributed by atoms with Crippen LogP contribution < -0.4 is 0 Å². The molecule has 0 spiro atoms. The summed E-state index contributed by atoms with van der Waals surface area (Å²) in [7, 11) is 0. The number of rotatable bonds is 2. The minimum Gasteiger partial charge on any atom is -0.356 e. The summed E-state index contributed by atoms with van der Waals surface area (Å²) in [6, 6.07) is 3.03. The van der Waals surface area contributed by atoms with Gasteiger partial charge in [0.05, 0.1) is 16.6 Å². The zero-order valence-corrected chi connectivity index (χ0v) is 10.8. The topological polar surface area (TPSA) is 70.2 Å². The highest BCUT2D eigenvalue weighted by Gasteiger charge is 2.21. The first-order valence-corrected chi connectivity index (χ1v) is 6.47. The number of ether oxygens (including phenoxy) is 1. The Labute approximate surface area is 114 Å². The quantitative estimate of drug-likeness (QED) is 0.625. The van der Waals surface area contributed by atoms with Crippen LogP contribution in [-0.4, -0.2) is 21.3 Å². The van der Waals surface area contributed by atoms with Crippen molar-refractivity contribution in [3.8, 4) is 0 Å². The molecule has 1 aromatic heterocycles. The molecule has 1 unspecified atom stereocenters. The lowest BCUT2D eigenvalue weighted by Crippen LogP contribution is -2.18. The van der Waals surface area contributed by atoms with E-state index in [1.807, 2.05) is 0 Å². The summed E-state index contributed by atoms with van der Waals surface area (Å²) in [6.45, 7) is 0.715. The monoisotopic (exact) mass is 281 g/mol. The summed E-state index contributed by atoms with van der Waals surface area (Å²) in [6.07, 6.45) is 4.54. The molecule has 6 nitrogen and oxygen atoms in total. The average Bonchev–Trinajstić information content (AvgIpc) is 2.81. The lowest BCUT2D eigenvalue weighted by Gasteiger charge is -2.23. The second kappa shape index (κ2) is 4.79. The van der Waals surface area contributed by atoms with Crippen molar-refractivity contribution in [1.29, 1.82) is 0 Å². The van der Waals surface area contributed by atoms with Crippen molar-refractivity contribution in [2.45, 2.75) is 25.5 Å². The highest BCUT2D eigenvalue weighted by molar-refractivity contribution is 6.33. The molecular formula is C12H12ClN3O3. The van der Waals surface area contributed by atoms with Crippen LogP contribution in [0.5, 0.6) is 0 Å². The van der Waals surface area contributed by atoms with Gasteiger partial charge >= 0.3 is 0 Å². The maximum absolute atomic E-state index is 10.8. The zero-order chi connectivity index (χ0) is 13.4. The van der Waals surface area contributed by atoms with Crippen molar-refractivity contribution in [1.82, 2.24) is 9.78 Å². The van der Waals surface area contributed by atoms with Crippen LogP contribution in [0.15, 0.2) is 18.3 Å². The van der Waals surface area contributed by atoms with Gasteiger partial charge in [-0.05, 0) is 25.3 Å². The molecule has 7 heteroatoms. The third-order valence-electron chi connectivity index (χ3n) is 3.29. The summed E-state index contributed by atoms with van der Waals surface area (Å²) >= 11 is 5.94. The number of fused-ring (bicyclic) bond motifs is 1. The molecule has 2 aromatic rings. The van der Waals surface area contributed by atoms with Gasteiger partial charge in [0.1, 0.15) is 5.02 Å². The molecule has 1 aliphatic rings. The van der Waals surface area contributed by atoms with Crippen molar-refractivity contribution in [2.24, 2.45) is 0 Å². The van der Waals surface area contributed by atoms with E-state index in [1.54, 1.807) is 16.9 Å². The Bertz CT molecular complexity index is 634. The van der Waals surface area contributed by atoms with Crippen LogP contribution in [0, 0.1) is 10.1 Å². The van der Waals surface area contributed by atoms with Gasteiger partial charge in [-0.2, -0.15) is 5.10 Å². The molecule has 0 amide bonds. The van der Waals surface area contributed by atoms with Crippen LogP contribution in [0.25, 0.3) is 10.9 Å². The van der Waals surface area contributed by atoms with E-state index in [2.05, 4.69) is 5.10 Å². The fourth-order valence-corrected chi connectivity index (χ4v) is 2.57. The molecule has 0 radical (unpaired) electrons. The van der Waals surface area contributed by atoms with E-state index in [0.29, 0.717) is 12.0 Å². The first-order chi connectivity index (χ1) is 9.16. The van der Waals surface area contributed by atoms with Crippen molar-refractivity contribution >= 4 is 28.2 Å². The minimum absolute atomic E-state index is 0.0988. The molecule has 1 atom stereocenters. The van der Waals surface area contributed by atoms with Gasteiger partial charge in [0, 0.05) is 18.1 Å². The van der Waals surface area contributed by atoms with E-state index >= 15 is 0 Å². The summed E-state index contributed by atoms with van der Waals surface area (Å²) in [5.41, 5.74) is 0.667. The maximum Gasteiger partial charge on any atom is 0.288 e. The second-order valence-electron chi connectivity index (χ2n) is 4.53. The molecule has 3 rings (SSSR count). The number of hydrogen-bond donors (Lipinski definition) is 0. The van der Waals surface area contributed by atoms with Crippen LogP contribution in [0.1, 0.15) is 25.5 Å². The van der Waals surface area contributed by atoms with E-state index in [4.69, 9.17) is 16.3 Å². The van der Waals surface area contributed by atoms with E-state index in [0.717, 1.165) is 24.8 Å². The van der Waals surface area contributed by atoms with Gasteiger partial charge < -0.3 is 4.74 Å². The Hall–Kier alpha value is -1.66. The van der Waals surface area contributed by atoms with Crippen LogP contribution in [0.2, 0.25) is 5.02 Å². The molecular weight excluding hydrogens is 270 g/mol. The fourth-order valence-electron chi connectivity index (χ4n) is 2.34. The highest BCUT2D eigenvalue weighted by atomic mass is 35.5. The Morgan fingerprint density at radius 3 is 3.00 bits per heavy atom. The summed E-state index contributed by atoms with van der Waals surface area (Å²) in [5, 5.41) is 15.9. The minimum atomic E-state index is -0.490. The first-order valence-electron chi connectivity index (χ1n) is 6.09. The number of hydrogen-bond acceptors (Lipinski definition) is 4. The molecule has 0 aliphatic carbocycles. The molecule has 0 saturated carbocycles. The largest absolute Gasteiger partial charge is 0.356 e. The Morgan fingerprint density at radius 2 is 2.32 bits per heavy atom. The average molecular weight is 282 g/mol. The molecule has 1 aromatic carbocycles. The van der Waals surface area contributed by atoms with Crippen molar-refractivity contribution in [3.63, 3.8) is 0 Å². The molecule has 1 fully saturated rings. The van der Waals surface area contributed by atoms with Gasteiger partial charge in [-0.15, -0.1) is 0 Å². The predicted molar refractivity (Wildman–Crippen MR) is 70.2 cm³/mol. The molecule has 0 N–H and O–H groups in total. The lowest BCUT2D eigenvalue weighted by atomic mass is 10.2. The third kappa shape index (κ3) is 2.17. The van der Waals surface area contributed by atoms with Crippen molar-refractivity contribution in [2.75, 3.05) is 6.61 Å². The van der Waals surface area contributed by atoms with E-state index in [-0.39, 0.29) is 16.9 Å². The van der Waals surface area contributed by atoms with E-state index in [9.17, 15) is 10.1 Å². The number of aromatic nitrogens is 2. The smallest absolute Gasteiger partial charge is 0.288 e. The SMILES string of the molecule is O=[N+]([O-])c1cc2cnn(C3CCCCO3)c2cc1Cl. The maximum atomic E-state index is 10.8. The van der Waals surface area contributed by atoms with Crippen LogP contribution >= 0.6 is 11.6 Å². The first kappa shape index (κ1) is 12.4. The van der Waals surface area contributed by atoms with E-state index in [1.165, 1.54) is 6.07 Å². The van der Waals surface area contributed by atoms with Gasteiger partial charge in [-0.3, -0.25) is 10.1 Å². The van der Waals surface area contributed by atoms with Gasteiger partial charge in [0.15, 0.2) is 6.23 Å². The second-order valence-corrected chi connectivity index (χ2v) is 4.94. The molecule has 19 heavy (non-hydrogen) atoms. The van der Waals surface area contributed by atoms with Gasteiger partial charge in [0.25, 0.3) is 5.69 Å². The molecule has 1 aliphatic heterocycles. The Morgan fingerprint density at radius 1 is 1.47 bits per heavy atom. The molecule has 0 bridgehead atoms. The summed E-state index contributed by atoms with van der Waals surface area (Å²) < 4.78 is 7.43. The third-order valence-corrected chi connectivity index (χ3v) is 3.59. The van der Waals surface area contributed by atoms with Crippen LogP contribution in [0.3, 0.4) is 0 Å². The number of nitrogens with zero attached hydrogens (tertiary/aromatic N) is 3. The number of halogens is 1. The van der Waals surface area contributed by atoms with Crippen LogP contribution in [0.4, 0.5) is 5.69 Å². The van der Waals surface area contributed by atoms with E-state index < -0.39 is 4.92 Å². The number of nitro groups is 1. The number of benzene rings is 1. The van der Waals surface area contributed by atoms with Crippen LogP contribution in [-0.2, 0) is 4.74 Å². The fraction of sp³-hybridized carbons (Fsp3) is 0.417. The number of nitro benzene ring substituents is 1. The Balaban J connectivity index is 2.07. The summed E-state index contributed by atoms with van der Waals surface area (Å²) in [4.78, 5) is 10.4. The zero-order valence-electron chi connectivity index (χ0n) is 10.1. The van der Waals surface area contributed by atoms with Gasteiger partial charge in [-0.1, -0.05) is 11.6 Å². The molecule has 1 saturated heterocycles. The van der Waals surface area contributed by atoms with Gasteiger partial charge in [0.2, 0.25) is 0 Å². The lowest BCUT2D eigenvalue weighted by molar-refractivity contribution is -0.384. The van der Waals surface area contributed by atoms with Gasteiger partial charge in [-0.25, -0.2) is 4.68 Å². The molecule has 100 valence electrons. The standard InChI is InChI=1S/C12H12ClN3O3/c13-9-6-10-8(5-11(9)16(17)18)7-14-15(10)12-3-1-2-4-19-12/h5-7,12H,1-4H2. The molecule has 2 heterocycles. The predicted octanol–water partition coefficient (Wildman–Crippen LogP) is 3.30. The Kier molecular flexibility index (Phi) is 3.12. The normalized spacial score (nSPS) is 19.7. The highest BCUT2D eigenvalue weighted by Crippen LogP contribution is 2.32.